The van der Waals surface area contributed by atoms with E-state index in [1.165, 1.54) is 0 Å². The first-order valence-corrected chi connectivity index (χ1v) is 12.1. The summed E-state index contributed by atoms with van der Waals surface area (Å²) in [6, 6.07) is 24.4. The number of rotatable bonds is 3. The summed E-state index contributed by atoms with van der Waals surface area (Å²) >= 11 is 0. The van der Waals surface area contributed by atoms with Crippen molar-refractivity contribution < 1.29 is 9.53 Å². The van der Waals surface area contributed by atoms with Crippen LogP contribution in [0.3, 0.4) is 0 Å². The molecule has 0 radical (unpaired) electrons. The molecule has 0 bridgehead atoms. The van der Waals surface area contributed by atoms with Gasteiger partial charge in [0.2, 0.25) is 5.91 Å². The van der Waals surface area contributed by atoms with Gasteiger partial charge in [0.25, 0.3) is 0 Å². The second kappa shape index (κ2) is 9.34. The summed E-state index contributed by atoms with van der Waals surface area (Å²) in [6.07, 6.45) is 0.795. The topological polar surface area (TPSA) is 45.1 Å². The van der Waals surface area contributed by atoms with Crippen molar-refractivity contribution in [2.75, 3.05) is 19.6 Å². The predicted molar refractivity (Wildman–Crippen MR) is 136 cm³/mol. The van der Waals surface area contributed by atoms with E-state index in [9.17, 15) is 4.79 Å². The molecule has 1 amide bonds. The zero-order valence-corrected chi connectivity index (χ0v) is 20.1. The third kappa shape index (κ3) is 4.18. The minimum atomic E-state index is -0.103. The number of ether oxygens (including phenoxy) is 1. The highest BCUT2D eigenvalue weighted by Gasteiger charge is 2.34. The maximum atomic E-state index is 13.5. The number of para-hydroxylation sites is 2. The van der Waals surface area contributed by atoms with Gasteiger partial charge >= 0.3 is 0 Å². The molecule has 3 aromatic rings. The van der Waals surface area contributed by atoms with Crippen molar-refractivity contribution in [2.24, 2.45) is 4.99 Å². The lowest BCUT2D eigenvalue weighted by Gasteiger charge is -2.42. The van der Waals surface area contributed by atoms with E-state index in [2.05, 4.69) is 54.8 Å². The summed E-state index contributed by atoms with van der Waals surface area (Å²) in [5, 5.41) is 0. The van der Waals surface area contributed by atoms with Crippen LogP contribution in [0.15, 0.2) is 77.8 Å². The van der Waals surface area contributed by atoms with E-state index in [4.69, 9.17) is 9.73 Å². The molecule has 1 saturated heterocycles. The van der Waals surface area contributed by atoms with Gasteiger partial charge in [-0.15, -0.1) is 0 Å². The van der Waals surface area contributed by atoms with Crippen molar-refractivity contribution in [1.82, 2.24) is 9.80 Å². The quantitative estimate of drug-likeness (QED) is 0.496. The van der Waals surface area contributed by atoms with Crippen LogP contribution >= 0.6 is 0 Å². The molecule has 3 aromatic carbocycles. The Morgan fingerprint density at radius 3 is 2.56 bits per heavy atom. The number of benzene rings is 3. The number of hydrogen-bond donors (Lipinski definition) is 0. The molecule has 0 saturated carbocycles. The largest absolute Gasteiger partial charge is 0.454 e. The summed E-state index contributed by atoms with van der Waals surface area (Å²) in [7, 11) is 0. The molecule has 5 heteroatoms. The van der Waals surface area contributed by atoms with E-state index < -0.39 is 0 Å². The number of carbonyl (C=O) groups excluding carboxylic acids is 1. The van der Waals surface area contributed by atoms with Gasteiger partial charge < -0.3 is 14.5 Å². The number of hydrogen-bond acceptors (Lipinski definition) is 4. The van der Waals surface area contributed by atoms with Gasteiger partial charge in [-0.1, -0.05) is 61.0 Å². The lowest BCUT2D eigenvalue weighted by atomic mass is 9.94. The van der Waals surface area contributed by atoms with Gasteiger partial charge in [0, 0.05) is 25.7 Å². The van der Waals surface area contributed by atoms with E-state index >= 15 is 0 Å². The number of aryl methyl sites for hydroxylation is 1. The zero-order chi connectivity index (χ0) is 23.7. The number of aliphatic imine (C=N–C) groups is 1. The van der Waals surface area contributed by atoms with Crippen LogP contribution in [-0.4, -0.2) is 47.2 Å². The molecule has 2 aliphatic heterocycles. The summed E-state index contributed by atoms with van der Waals surface area (Å²) in [6.45, 7) is 8.45. The summed E-state index contributed by atoms with van der Waals surface area (Å²) in [5.41, 5.74) is 4.08. The van der Waals surface area contributed by atoms with Crippen LogP contribution in [0.25, 0.3) is 0 Å². The predicted octanol–water partition coefficient (Wildman–Crippen LogP) is 5.91. The third-order valence-corrected chi connectivity index (χ3v) is 6.81. The molecule has 174 valence electrons. The first-order chi connectivity index (χ1) is 16.5. The van der Waals surface area contributed by atoms with Crippen LogP contribution in [0.4, 0.5) is 5.69 Å². The average molecular weight is 454 g/mol. The third-order valence-electron chi connectivity index (χ3n) is 6.81. The van der Waals surface area contributed by atoms with Crippen molar-refractivity contribution in [3.63, 3.8) is 0 Å². The van der Waals surface area contributed by atoms with Gasteiger partial charge in [0.05, 0.1) is 11.5 Å². The van der Waals surface area contributed by atoms with Crippen LogP contribution in [0.5, 0.6) is 11.5 Å². The molecule has 34 heavy (non-hydrogen) atoms. The van der Waals surface area contributed by atoms with Crippen LogP contribution < -0.4 is 4.74 Å². The fraction of sp³-hybridized carbons (Fsp3) is 0.310. The summed E-state index contributed by atoms with van der Waals surface area (Å²) in [5.74, 6) is 2.61. The van der Waals surface area contributed by atoms with Gasteiger partial charge in [-0.25, -0.2) is 4.99 Å². The summed E-state index contributed by atoms with van der Waals surface area (Å²) in [4.78, 5) is 23.0. The van der Waals surface area contributed by atoms with Gasteiger partial charge in [-0.2, -0.15) is 0 Å². The van der Waals surface area contributed by atoms with Gasteiger partial charge in [-0.3, -0.25) is 4.79 Å². The lowest BCUT2D eigenvalue weighted by molar-refractivity contribution is -0.136. The van der Waals surface area contributed by atoms with Crippen LogP contribution in [0, 0.1) is 6.92 Å². The molecule has 1 fully saturated rings. The smallest absolute Gasteiger partial charge is 0.230 e. The number of amidine groups is 1. The first kappa shape index (κ1) is 22.2. The highest BCUT2D eigenvalue weighted by Crippen LogP contribution is 2.38. The maximum absolute atomic E-state index is 13.5. The van der Waals surface area contributed by atoms with Crippen molar-refractivity contribution >= 4 is 17.4 Å². The van der Waals surface area contributed by atoms with Crippen molar-refractivity contribution in [2.45, 2.75) is 39.2 Å². The highest BCUT2D eigenvalue weighted by atomic mass is 16.5. The lowest BCUT2D eigenvalue weighted by Crippen LogP contribution is -2.56. The Balaban J connectivity index is 1.43. The second-order valence-corrected chi connectivity index (χ2v) is 9.20. The SMILES string of the molecule is CCC(C(=O)N1CCN(C2=Nc3ccccc3Oc3ccc(C)cc32)CC1C)c1ccccc1. The molecule has 0 aromatic heterocycles. The number of carbonyl (C=O) groups is 1. The van der Waals surface area contributed by atoms with Gasteiger partial charge in [0.15, 0.2) is 5.75 Å². The fourth-order valence-electron chi connectivity index (χ4n) is 4.99. The van der Waals surface area contributed by atoms with Crippen LogP contribution in [0.2, 0.25) is 0 Å². The molecule has 0 aliphatic carbocycles. The number of piperazine rings is 1. The van der Waals surface area contributed by atoms with Gasteiger partial charge in [-0.05, 0) is 50.1 Å². The standard InChI is InChI=1S/C29H31N3O2/c1-4-23(22-10-6-5-7-11-22)29(33)32-17-16-31(19-21(32)3)28-24-18-20(2)14-15-26(24)34-27-13-9-8-12-25(27)30-28/h5-15,18,21,23H,4,16-17,19H2,1-3H3. The van der Waals surface area contributed by atoms with Crippen molar-refractivity contribution in [1.29, 1.82) is 0 Å². The molecule has 2 unspecified atom stereocenters. The Bertz CT molecular complexity index is 1220. The molecular formula is C29H31N3O2. The number of amides is 1. The minimum absolute atomic E-state index is 0.0781. The Kier molecular flexibility index (Phi) is 6.10. The number of fused-ring (bicyclic) bond motifs is 2. The molecule has 5 rings (SSSR count). The molecular weight excluding hydrogens is 422 g/mol. The van der Waals surface area contributed by atoms with Gasteiger partial charge in [0.1, 0.15) is 17.3 Å². The Hall–Kier alpha value is -3.60. The molecule has 0 N–H and O–H groups in total. The molecule has 2 aliphatic rings. The summed E-state index contributed by atoms with van der Waals surface area (Å²) < 4.78 is 6.25. The van der Waals surface area contributed by atoms with Crippen LogP contribution in [-0.2, 0) is 4.79 Å². The zero-order valence-electron chi connectivity index (χ0n) is 20.1. The van der Waals surface area contributed by atoms with E-state index in [-0.39, 0.29) is 17.9 Å². The van der Waals surface area contributed by atoms with E-state index in [1.807, 2.05) is 48.5 Å². The van der Waals surface area contributed by atoms with E-state index in [0.29, 0.717) is 6.54 Å². The molecule has 2 atom stereocenters. The Morgan fingerprint density at radius 1 is 1.03 bits per heavy atom. The molecule has 2 heterocycles. The Labute approximate surface area is 201 Å². The van der Waals surface area contributed by atoms with E-state index in [0.717, 1.165) is 59.2 Å². The highest BCUT2D eigenvalue weighted by molar-refractivity contribution is 6.04. The monoisotopic (exact) mass is 453 g/mol. The average Bonchev–Trinajstić information content (AvgIpc) is 3.01. The van der Waals surface area contributed by atoms with E-state index in [1.54, 1.807) is 0 Å². The molecule has 0 spiro atoms. The molecule has 5 nitrogen and oxygen atoms in total. The Morgan fingerprint density at radius 2 is 1.79 bits per heavy atom. The van der Waals surface area contributed by atoms with Crippen molar-refractivity contribution in [3.8, 4) is 11.5 Å². The van der Waals surface area contributed by atoms with Crippen LogP contribution in [0.1, 0.15) is 42.9 Å². The van der Waals surface area contributed by atoms with Crippen molar-refractivity contribution in [3.05, 3.63) is 89.5 Å². The maximum Gasteiger partial charge on any atom is 0.230 e. The first-order valence-electron chi connectivity index (χ1n) is 12.1. The fourth-order valence-corrected chi connectivity index (χ4v) is 4.99. The number of nitrogens with zero attached hydrogens (tertiary/aromatic N) is 3. The normalized spacial score (nSPS) is 18.2. The minimum Gasteiger partial charge on any atom is -0.454 e. The second-order valence-electron chi connectivity index (χ2n) is 9.20.